The lowest BCUT2D eigenvalue weighted by atomic mass is 10.1. The van der Waals surface area contributed by atoms with Crippen LogP contribution in [0, 0.1) is 0 Å². The monoisotopic (exact) mass is 348 g/mol. The average Bonchev–Trinajstić information content (AvgIpc) is 2.55. The van der Waals surface area contributed by atoms with Crippen molar-refractivity contribution in [2.45, 2.75) is 6.42 Å². The molecule has 0 saturated carbocycles. The molecule has 0 aliphatic rings. The largest absolute Gasteiger partial charge is 0.484 e. The van der Waals surface area contributed by atoms with E-state index in [2.05, 4.69) is 10.6 Å². The van der Waals surface area contributed by atoms with Crippen LogP contribution < -0.4 is 15.4 Å². The summed E-state index contributed by atoms with van der Waals surface area (Å²) in [4.78, 5) is 11.7. The van der Waals surface area contributed by atoms with Gasteiger partial charge in [-0.05, 0) is 48.5 Å². The highest BCUT2D eigenvalue weighted by Crippen LogP contribution is 2.15. The lowest BCUT2D eigenvalue weighted by Crippen LogP contribution is -2.42. The number of hydrogen-bond donors (Lipinski definition) is 2. The van der Waals surface area contributed by atoms with E-state index in [0.29, 0.717) is 22.4 Å². The van der Waals surface area contributed by atoms with Crippen molar-refractivity contribution in [2.24, 2.45) is 0 Å². The molecule has 0 heterocycles. The first kappa shape index (κ1) is 17.2. The maximum Gasteiger partial charge on any atom is 0.264 e. The first-order valence-electron chi connectivity index (χ1n) is 7.13. The molecule has 23 heavy (non-hydrogen) atoms. The predicted octanol–water partition coefficient (Wildman–Crippen LogP) is 2.95. The lowest BCUT2D eigenvalue weighted by Gasteiger charge is -2.10. The van der Waals surface area contributed by atoms with E-state index in [0.717, 1.165) is 6.42 Å². The van der Waals surface area contributed by atoms with Gasteiger partial charge >= 0.3 is 0 Å². The van der Waals surface area contributed by atoms with Crippen molar-refractivity contribution in [1.29, 1.82) is 0 Å². The van der Waals surface area contributed by atoms with Gasteiger partial charge in [-0.2, -0.15) is 0 Å². The fraction of sp³-hybridized carbons (Fsp3) is 0.176. The summed E-state index contributed by atoms with van der Waals surface area (Å²) in [5.41, 5.74) is 1.21. The SMILES string of the molecule is O=C(COc1ccc(Cl)cc1)NC(=S)NCCc1ccccc1. The Labute approximate surface area is 145 Å². The van der Waals surface area contributed by atoms with Crippen molar-refractivity contribution >= 4 is 34.8 Å². The Morgan fingerprint density at radius 3 is 2.48 bits per heavy atom. The molecule has 0 aromatic heterocycles. The maximum atomic E-state index is 11.7. The molecule has 0 aliphatic carbocycles. The van der Waals surface area contributed by atoms with Gasteiger partial charge in [-0.15, -0.1) is 0 Å². The highest BCUT2D eigenvalue weighted by Gasteiger charge is 2.05. The van der Waals surface area contributed by atoms with Crippen molar-refractivity contribution in [3.63, 3.8) is 0 Å². The van der Waals surface area contributed by atoms with Crippen LogP contribution in [-0.2, 0) is 11.2 Å². The number of halogens is 1. The topological polar surface area (TPSA) is 50.4 Å². The Hall–Kier alpha value is -2.11. The van der Waals surface area contributed by atoms with Crippen LogP contribution in [0.25, 0.3) is 0 Å². The van der Waals surface area contributed by atoms with Crippen molar-refractivity contribution in [3.8, 4) is 5.75 Å². The summed E-state index contributed by atoms with van der Waals surface area (Å²) in [6.07, 6.45) is 0.831. The second kappa shape index (κ2) is 9.12. The third-order valence-electron chi connectivity index (χ3n) is 2.98. The minimum atomic E-state index is -0.308. The molecule has 1 amide bonds. The van der Waals surface area contributed by atoms with Gasteiger partial charge in [-0.25, -0.2) is 0 Å². The van der Waals surface area contributed by atoms with Gasteiger partial charge in [-0.3, -0.25) is 4.79 Å². The second-order valence-corrected chi connectivity index (χ2v) is 5.63. The smallest absolute Gasteiger partial charge is 0.264 e. The van der Waals surface area contributed by atoms with Gasteiger partial charge in [0.2, 0.25) is 0 Å². The molecule has 0 radical (unpaired) electrons. The molecular formula is C17H17ClN2O2S. The third-order valence-corrected chi connectivity index (χ3v) is 3.48. The van der Waals surface area contributed by atoms with Crippen LogP contribution in [0.2, 0.25) is 5.02 Å². The van der Waals surface area contributed by atoms with E-state index < -0.39 is 0 Å². The molecule has 0 atom stereocenters. The number of benzene rings is 2. The molecule has 6 heteroatoms. The first-order valence-corrected chi connectivity index (χ1v) is 7.92. The Balaban J connectivity index is 1.64. The molecule has 0 spiro atoms. The summed E-state index contributed by atoms with van der Waals surface area (Å²) in [5, 5.41) is 6.49. The number of hydrogen-bond acceptors (Lipinski definition) is 3. The summed E-state index contributed by atoms with van der Waals surface area (Å²) in [7, 11) is 0. The Morgan fingerprint density at radius 1 is 1.09 bits per heavy atom. The molecule has 0 bridgehead atoms. The third kappa shape index (κ3) is 6.67. The molecular weight excluding hydrogens is 332 g/mol. The van der Waals surface area contributed by atoms with Crippen LogP contribution in [-0.4, -0.2) is 24.2 Å². The normalized spacial score (nSPS) is 9.96. The standard InChI is InChI=1S/C17H17ClN2O2S/c18-14-6-8-15(9-7-14)22-12-16(21)20-17(23)19-11-10-13-4-2-1-3-5-13/h1-9H,10-12H2,(H2,19,20,21,23). The summed E-state index contributed by atoms with van der Waals surface area (Å²) in [5.74, 6) is 0.268. The summed E-state index contributed by atoms with van der Waals surface area (Å²) < 4.78 is 5.34. The molecule has 0 fully saturated rings. The fourth-order valence-electron chi connectivity index (χ4n) is 1.85. The van der Waals surface area contributed by atoms with Crippen LogP contribution in [0.4, 0.5) is 0 Å². The number of ether oxygens (including phenoxy) is 1. The van der Waals surface area contributed by atoms with Crippen LogP contribution in [0.5, 0.6) is 5.75 Å². The summed E-state index contributed by atoms with van der Waals surface area (Å²) in [6.45, 7) is 0.545. The van der Waals surface area contributed by atoms with Crippen molar-refractivity contribution in [1.82, 2.24) is 10.6 Å². The van der Waals surface area contributed by atoms with Crippen LogP contribution >= 0.6 is 23.8 Å². The number of amides is 1. The van der Waals surface area contributed by atoms with Crippen molar-refractivity contribution in [3.05, 3.63) is 65.2 Å². The molecule has 0 saturated heterocycles. The van der Waals surface area contributed by atoms with E-state index in [1.165, 1.54) is 5.56 Å². The molecule has 120 valence electrons. The van der Waals surface area contributed by atoms with Gasteiger partial charge < -0.3 is 15.4 Å². The number of carbonyl (C=O) groups excluding carboxylic acids is 1. The fourth-order valence-corrected chi connectivity index (χ4v) is 2.19. The minimum absolute atomic E-state index is 0.109. The van der Waals surface area contributed by atoms with Gasteiger partial charge in [-0.1, -0.05) is 41.9 Å². The van der Waals surface area contributed by atoms with Crippen LogP contribution in [0.15, 0.2) is 54.6 Å². The molecule has 2 aromatic carbocycles. The van der Waals surface area contributed by atoms with Crippen molar-refractivity contribution in [2.75, 3.05) is 13.2 Å². The number of carbonyl (C=O) groups is 1. The number of nitrogens with one attached hydrogen (secondary N) is 2. The summed E-state index contributed by atoms with van der Waals surface area (Å²) in [6, 6.07) is 16.8. The molecule has 2 N–H and O–H groups in total. The maximum absolute atomic E-state index is 11.7. The molecule has 4 nitrogen and oxygen atoms in total. The van der Waals surface area contributed by atoms with Gasteiger partial charge in [0.05, 0.1) is 0 Å². The van der Waals surface area contributed by atoms with Gasteiger partial charge in [0.25, 0.3) is 5.91 Å². The van der Waals surface area contributed by atoms with E-state index in [1.54, 1.807) is 24.3 Å². The molecule has 0 unspecified atom stereocenters. The quantitative estimate of drug-likeness (QED) is 0.788. The zero-order chi connectivity index (χ0) is 16.5. The zero-order valence-corrected chi connectivity index (χ0v) is 14.0. The molecule has 2 aromatic rings. The predicted molar refractivity (Wildman–Crippen MR) is 95.8 cm³/mol. The van der Waals surface area contributed by atoms with Gasteiger partial charge in [0.1, 0.15) is 5.75 Å². The number of rotatable bonds is 6. The van der Waals surface area contributed by atoms with Gasteiger partial charge in [0.15, 0.2) is 11.7 Å². The molecule has 0 aliphatic heterocycles. The zero-order valence-electron chi connectivity index (χ0n) is 12.4. The minimum Gasteiger partial charge on any atom is -0.484 e. The highest BCUT2D eigenvalue weighted by molar-refractivity contribution is 7.80. The Bertz CT molecular complexity index is 647. The second-order valence-electron chi connectivity index (χ2n) is 4.78. The molecule has 2 rings (SSSR count). The van der Waals surface area contributed by atoms with Crippen molar-refractivity contribution < 1.29 is 9.53 Å². The van der Waals surface area contributed by atoms with E-state index in [4.69, 9.17) is 28.6 Å². The number of thiocarbonyl (C=S) groups is 1. The average molecular weight is 349 g/mol. The van der Waals surface area contributed by atoms with E-state index in [-0.39, 0.29) is 12.5 Å². The van der Waals surface area contributed by atoms with Crippen LogP contribution in [0.1, 0.15) is 5.56 Å². The van der Waals surface area contributed by atoms with E-state index in [9.17, 15) is 4.79 Å². The Kier molecular flexibility index (Phi) is 6.84. The van der Waals surface area contributed by atoms with Crippen LogP contribution in [0.3, 0.4) is 0 Å². The van der Waals surface area contributed by atoms with Gasteiger partial charge in [0, 0.05) is 11.6 Å². The Morgan fingerprint density at radius 2 is 1.78 bits per heavy atom. The lowest BCUT2D eigenvalue weighted by molar-refractivity contribution is -0.121. The van der Waals surface area contributed by atoms with E-state index in [1.807, 2.05) is 30.3 Å². The van der Waals surface area contributed by atoms with E-state index >= 15 is 0 Å². The summed E-state index contributed by atoms with van der Waals surface area (Å²) >= 11 is 10.9. The first-order chi connectivity index (χ1) is 11.1. The highest BCUT2D eigenvalue weighted by atomic mass is 35.5.